The number of benzene rings is 1. The maximum Gasteiger partial charge on any atom is 0.245 e. The summed E-state index contributed by atoms with van der Waals surface area (Å²) in [5.74, 6) is 0.0764. The second-order valence-corrected chi connectivity index (χ2v) is 6.18. The second kappa shape index (κ2) is 8.34. The van der Waals surface area contributed by atoms with E-state index in [-0.39, 0.29) is 5.91 Å². The van der Waals surface area contributed by atoms with Crippen molar-refractivity contribution in [3.8, 4) is 11.1 Å². The third-order valence-corrected chi connectivity index (χ3v) is 4.50. The van der Waals surface area contributed by atoms with Crippen molar-refractivity contribution in [1.82, 2.24) is 14.9 Å². The number of aromatic nitrogens is 2. The molecule has 0 atom stereocenters. The molecule has 1 fully saturated rings. The lowest BCUT2D eigenvalue weighted by molar-refractivity contribution is -0.124. The van der Waals surface area contributed by atoms with Crippen molar-refractivity contribution in [1.29, 1.82) is 0 Å². The fraction of sp³-hybridized carbons (Fsp3) is 0.238. The minimum absolute atomic E-state index is 0.0764. The van der Waals surface area contributed by atoms with Crippen molar-refractivity contribution >= 4 is 22.6 Å². The van der Waals surface area contributed by atoms with E-state index < -0.39 is 0 Å². The van der Waals surface area contributed by atoms with Crippen LogP contribution in [0.3, 0.4) is 0 Å². The van der Waals surface area contributed by atoms with Crippen LogP contribution in [0.25, 0.3) is 22.2 Å². The molecule has 134 valence electrons. The van der Waals surface area contributed by atoms with E-state index in [1.807, 2.05) is 42.5 Å². The number of carbonyl (C=O) groups excluding carboxylic acids is 1. The Morgan fingerprint density at radius 1 is 1.27 bits per heavy atom. The highest BCUT2D eigenvalue weighted by atomic mass is 16.2. The Balaban J connectivity index is 0.000000185. The van der Waals surface area contributed by atoms with Gasteiger partial charge in [0.05, 0.1) is 11.9 Å². The number of H-pyrrole nitrogens is 1. The average Bonchev–Trinajstić information content (AvgIpc) is 3.38. The molecule has 4 rings (SSSR count). The molecule has 1 aliphatic rings. The average molecular weight is 348 g/mol. The van der Waals surface area contributed by atoms with Gasteiger partial charge in [0.15, 0.2) is 0 Å². The molecule has 1 aliphatic heterocycles. The van der Waals surface area contributed by atoms with Gasteiger partial charge < -0.3 is 15.2 Å². The smallest absolute Gasteiger partial charge is 0.245 e. The highest BCUT2D eigenvalue weighted by molar-refractivity contribution is 5.95. The van der Waals surface area contributed by atoms with Crippen LogP contribution in [0.2, 0.25) is 0 Å². The number of anilines is 1. The van der Waals surface area contributed by atoms with E-state index >= 15 is 0 Å². The zero-order valence-electron chi connectivity index (χ0n) is 15.0. The lowest BCUT2D eigenvalue weighted by Crippen LogP contribution is -2.25. The fourth-order valence-corrected chi connectivity index (χ4v) is 3.06. The second-order valence-electron chi connectivity index (χ2n) is 6.18. The van der Waals surface area contributed by atoms with Gasteiger partial charge in [-0.1, -0.05) is 36.9 Å². The number of amides is 1. The molecule has 0 unspecified atom stereocenters. The van der Waals surface area contributed by atoms with Crippen LogP contribution in [0.4, 0.5) is 5.69 Å². The topological polar surface area (TPSA) is 61.0 Å². The number of rotatable bonds is 3. The van der Waals surface area contributed by atoms with Crippen molar-refractivity contribution in [3.05, 3.63) is 61.4 Å². The van der Waals surface area contributed by atoms with Crippen molar-refractivity contribution in [2.24, 2.45) is 0 Å². The number of hydrogen-bond donors (Lipinski definition) is 2. The molecule has 0 spiro atoms. The largest absolute Gasteiger partial charge is 0.387 e. The van der Waals surface area contributed by atoms with Gasteiger partial charge in [0.1, 0.15) is 5.65 Å². The molecule has 5 nitrogen and oxygen atoms in total. The number of pyridine rings is 1. The zero-order valence-corrected chi connectivity index (χ0v) is 15.0. The minimum atomic E-state index is 0.0764. The maximum absolute atomic E-state index is 10.8. The van der Waals surface area contributed by atoms with Crippen LogP contribution < -0.4 is 5.32 Å². The predicted octanol–water partition coefficient (Wildman–Crippen LogP) is 4.07. The SMILES string of the molecule is C=CC(=O)N1CCCC1.CNc1cnc2[nH]cc(-c3ccccc3)c2c1. The summed E-state index contributed by atoms with van der Waals surface area (Å²) in [6, 6.07) is 12.4. The Labute approximate surface area is 153 Å². The van der Waals surface area contributed by atoms with Crippen LogP contribution in [-0.4, -0.2) is 40.9 Å². The van der Waals surface area contributed by atoms with Gasteiger partial charge in [0, 0.05) is 37.3 Å². The summed E-state index contributed by atoms with van der Waals surface area (Å²) in [6.45, 7) is 5.26. The Morgan fingerprint density at radius 2 is 2.00 bits per heavy atom. The predicted molar refractivity (Wildman–Crippen MR) is 107 cm³/mol. The fourth-order valence-electron chi connectivity index (χ4n) is 3.06. The summed E-state index contributed by atoms with van der Waals surface area (Å²) in [6.07, 6.45) is 7.52. The molecule has 2 N–H and O–H groups in total. The van der Waals surface area contributed by atoms with E-state index in [0.717, 1.165) is 42.7 Å². The van der Waals surface area contributed by atoms with Crippen molar-refractivity contribution in [2.75, 3.05) is 25.5 Å². The molecule has 0 radical (unpaired) electrons. The van der Waals surface area contributed by atoms with Crippen LogP contribution in [0.15, 0.2) is 61.4 Å². The number of carbonyl (C=O) groups is 1. The zero-order chi connectivity index (χ0) is 18.4. The Hall–Kier alpha value is -3.08. The van der Waals surface area contributed by atoms with E-state index in [1.165, 1.54) is 17.2 Å². The van der Waals surface area contributed by atoms with Gasteiger partial charge in [-0.15, -0.1) is 0 Å². The standard InChI is InChI=1S/C14H13N3.C7H11NO/c1-15-11-7-12-13(9-17-14(12)16-8-11)10-5-3-2-4-6-10;1-2-7(9)8-5-3-4-6-8/h2-9,15H,1H3,(H,16,17);2H,1,3-6H2. The number of aromatic amines is 1. The van der Waals surface area contributed by atoms with Gasteiger partial charge in [-0.25, -0.2) is 4.98 Å². The van der Waals surface area contributed by atoms with E-state index in [1.54, 1.807) is 0 Å². The first-order valence-electron chi connectivity index (χ1n) is 8.84. The molecule has 1 amide bonds. The van der Waals surface area contributed by atoms with Crippen LogP contribution in [0, 0.1) is 0 Å². The van der Waals surface area contributed by atoms with Crippen molar-refractivity contribution in [3.63, 3.8) is 0 Å². The normalized spacial score (nSPS) is 13.2. The molecule has 5 heteroatoms. The Bertz CT molecular complexity index is 879. The molecule has 1 saturated heterocycles. The van der Waals surface area contributed by atoms with Crippen LogP contribution in [-0.2, 0) is 4.79 Å². The first-order valence-corrected chi connectivity index (χ1v) is 8.84. The number of fused-ring (bicyclic) bond motifs is 1. The van der Waals surface area contributed by atoms with Crippen molar-refractivity contribution < 1.29 is 4.79 Å². The van der Waals surface area contributed by atoms with Gasteiger partial charge in [-0.3, -0.25) is 4.79 Å². The molecule has 26 heavy (non-hydrogen) atoms. The van der Waals surface area contributed by atoms with Gasteiger partial charge >= 0.3 is 0 Å². The molecule has 0 aliphatic carbocycles. The Morgan fingerprint density at radius 3 is 2.65 bits per heavy atom. The highest BCUT2D eigenvalue weighted by Gasteiger charge is 2.14. The molecule has 2 aromatic heterocycles. The number of nitrogens with zero attached hydrogens (tertiary/aromatic N) is 2. The van der Waals surface area contributed by atoms with Crippen LogP contribution in [0.5, 0.6) is 0 Å². The van der Waals surface area contributed by atoms with Crippen LogP contribution in [0.1, 0.15) is 12.8 Å². The van der Waals surface area contributed by atoms with E-state index in [9.17, 15) is 4.79 Å². The minimum Gasteiger partial charge on any atom is -0.387 e. The van der Waals surface area contributed by atoms with Gasteiger partial charge in [0.2, 0.25) is 5.91 Å². The van der Waals surface area contributed by atoms with E-state index in [2.05, 4.69) is 40.1 Å². The summed E-state index contributed by atoms with van der Waals surface area (Å²) in [4.78, 5) is 20.2. The first-order chi connectivity index (χ1) is 12.7. The third-order valence-electron chi connectivity index (χ3n) is 4.50. The molecule has 1 aromatic carbocycles. The lowest BCUT2D eigenvalue weighted by atomic mass is 10.1. The third kappa shape index (κ3) is 3.94. The molecule has 0 saturated carbocycles. The number of hydrogen-bond acceptors (Lipinski definition) is 3. The molecule has 0 bridgehead atoms. The number of likely N-dealkylation sites (tertiary alicyclic amines) is 1. The monoisotopic (exact) mass is 348 g/mol. The molecular formula is C21H24N4O. The maximum atomic E-state index is 10.8. The van der Waals surface area contributed by atoms with E-state index in [4.69, 9.17) is 0 Å². The summed E-state index contributed by atoms with van der Waals surface area (Å²) in [5, 5.41) is 4.25. The Kier molecular flexibility index (Phi) is 5.69. The van der Waals surface area contributed by atoms with Crippen LogP contribution >= 0.6 is 0 Å². The summed E-state index contributed by atoms with van der Waals surface area (Å²) in [7, 11) is 1.90. The first kappa shape index (κ1) is 17.7. The molecule has 3 heterocycles. The number of nitrogens with one attached hydrogen (secondary N) is 2. The van der Waals surface area contributed by atoms with Gasteiger partial charge in [-0.2, -0.15) is 0 Å². The van der Waals surface area contributed by atoms with E-state index in [0.29, 0.717) is 0 Å². The van der Waals surface area contributed by atoms with Gasteiger partial charge in [-0.05, 0) is 30.5 Å². The highest BCUT2D eigenvalue weighted by Crippen LogP contribution is 2.28. The molecule has 3 aromatic rings. The quantitative estimate of drug-likeness (QED) is 0.702. The summed E-state index contributed by atoms with van der Waals surface area (Å²) in [5.41, 5.74) is 4.33. The van der Waals surface area contributed by atoms with Gasteiger partial charge in [0.25, 0.3) is 0 Å². The summed E-state index contributed by atoms with van der Waals surface area (Å²) < 4.78 is 0. The van der Waals surface area contributed by atoms with Crippen molar-refractivity contribution in [2.45, 2.75) is 12.8 Å². The molecular weight excluding hydrogens is 324 g/mol. The lowest BCUT2D eigenvalue weighted by Gasteiger charge is -2.10. The summed E-state index contributed by atoms with van der Waals surface area (Å²) >= 11 is 0.